The Hall–Kier alpha value is -0.980. The molecule has 0 aromatic heterocycles. The van der Waals surface area contributed by atoms with Gasteiger partial charge >= 0.3 is 0 Å². The Morgan fingerprint density at radius 2 is 2.45 bits per heavy atom. The first-order chi connectivity index (χ1) is 5.43. The molecule has 0 saturated heterocycles. The van der Waals surface area contributed by atoms with Crippen molar-refractivity contribution in [3.8, 4) is 5.75 Å². The third kappa shape index (κ3) is 3.08. The standard InChI is InChI=1S/C10H12O/c1-2-3-9-11-10-7-5-4-6-8-10/h5-7H,2-3,9H2,1H3. The number of benzene rings is 1. The quantitative estimate of drug-likeness (QED) is 0.596. The van der Waals surface area contributed by atoms with E-state index in [1.807, 2.05) is 12.1 Å². The van der Waals surface area contributed by atoms with Gasteiger partial charge in [0.1, 0.15) is 5.75 Å². The highest BCUT2D eigenvalue weighted by atomic mass is 16.5. The molecule has 0 atom stereocenters. The van der Waals surface area contributed by atoms with Gasteiger partial charge in [-0.15, -0.1) is 0 Å². The van der Waals surface area contributed by atoms with Crippen LogP contribution in [0.5, 0.6) is 5.75 Å². The highest BCUT2D eigenvalue weighted by Crippen LogP contribution is 2.07. The SMILES string of the molecule is CCCCOc1[c]c[c]cc1. The number of unbranched alkanes of at least 4 members (excludes halogenated alkanes) is 1. The van der Waals surface area contributed by atoms with Crippen molar-refractivity contribution in [2.24, 2.45) is 0 Å². The third-order valence-electron chi connectivity index (χ3n) is 1.38. The van der Waals surface area contributed by atoms with Crippen LogP contribution in [0.1, 0.15) is 19.8 Å². The summed E-state index contributed by atoms with van der Waals surface area (Å²) in [4.78, 5) is 0. The van der Waals surface area contributed by atoms with Crippen molar-refractivity contribution >= 4 is 0 Å². The van der Waals surface area contributed by atoms with Gasteiger partial charge in [0.25, 0.3) is 0 Å². The largest absolute Gasteiger partial charge is 0.493 e. The number of rotatable bonds is 4. The highest BCUT2D eigenvalue weighted by Gasteiger charge is 1.89. The zero-order valence-corrected chi connectivity index (χ0v) is 6.76. The topological polar surface area (TPSA) is 9.23 Å². The molecule has 0 fully saturated rings. The van der Waals surface area contributed by atoms with Crippen LogP contribution in [-0.2, 0) is 0 Å². The monoisotopic (exact) mass is 148 g/mol. The summed E-state index contributed by atoms with van der Waals surface area (Å²) >= 11 is 0. The van der Waals surface area contributed by atoms with Crippen molar-refractivity contribution in [2.75, 3.05) is 6.61 Å². The molecule has 0 amide bonds. The molecule has 0 saturated carbocycles. The number of hydrogen-bond donors (Lipinski definition) is 0. The molecular formula is C10H12O. The predicted octanol–water partition coefficient (Wildman–Crippen LogP) is 2.47. The Kier molecular flexibility index (Phi) is 3.53. The van der Waals surface area contributed by atoms with E-state index in [1.165, 1.54) is 6.42 Å². The maximum Gasteiger partial charge on any atom is 0.127 e. The van der Waals surface area contributed by atoms with E-state index in [0.29, 0.717) is 0 Å². The normalized spacial score (nSPS) is 9.55. The molecule has 0 unspecified atom stereocenters. The molecule has 1 rings (SSSR count). The fraction of sp³-hybridized carbons (Fsp3) is 0.400. The smallest absolute Gasteiger partial charge is 0.127 e. The summed E-state index contributed by atoms with van der Waals surface area (Å²) in [7, 11) is 0. The van der Waals surface area contributed by atoms with E-state index in [2.05, 4.69) is 19.1 Å². The van der Waals surface area contributed by atoms with E-state index >= 15 is 0 Å². The molecule has 0 bridgehead atoms. The molecule has 0 heterocycles. The fourth-order valence-corrected chi connectivity index (χ4v) is 0.749. The lowest BCUT2D eigenvalue weighted by Gasteiger charge is -2.02. The second-order valence-corrected chi connectivity index (χ2v) is 2.35. The van der Waals surface area contributed by atoms with Gasteiger partial charge in [-0.25, -0.2) is 0 Å². The van der Waals surface area contributed by atoms with Gasteiger partial charge in [0.05, 0.1) is 6.61 Å². The molecule has 11 heavy (non-hydrogen) atoms. The van der Waals surface area contributed by atoms with Gasteiger partial charge in [0.15, 0.2) is 0 Å². The number of ether oxygens (including phenoxy) is 1. The van der Waals surface area contributed by atoms with Gasteiger partial charge in [-0.1, -0.05) is 19.4 Å². The summed E-state index contributed by atoms with van der Waals surface area (Å²) in [5, 5.41) is 0. The van der Waals surface area contributed by atoms with Crippen molar-refractivity contribution in [2.45, 2.75) is 19.8 Å². The first-order valence-corrected chi connectivity index (χ1v) is 3.94. The Morgan fingerprint density at radius 3 is 3.09 bits per heavy atom. The van der Waals surface area contributed by atoms with E-state index in [9.17, 15) is 0 Å². The van der Waals surface area contributed by atoms with Gasteiger partial charge < -0.3 is 4.74 Å². The summed E-state index contributed by atoms with van der Waals surface area (Å²) in [5.74, 6) is 0.817. The molecule has 0 aliphatic heterocycles. The van der Waals surface area contributed by atoms with Crippen LogP contribution in [0.3, 0.4) is 0 Å². The van der Waals surface area contributed by atoms with E-state index in [0.717, 1.165) is 18.8 Å². The minimum absolute atomic E-state index is 0.789. The van der Waals surface area contributed by atoms with Crippen molar-refractivity contribution in [3.63, 3.8) is 0 Å². The summed E-state index contributed by atoms with van der Waals surface area (Å²) in [6.45, 7) is 2.93. The lowest BCUT2D eigenvalue weighted by atomic mass is 10.3. The van der Waals surface area contributed by atoms with Crippen LogP contribution in [-0.4, -0.2) is 6.61 Å². The van der Waals surface area contributed by atoms with E-state index in [1.54, 1.807) is 6.07 Å². The summed E-state index contributed by atoms with van der Waals surface area (Å²) in [6.07, 6.45) is 2.27. The molecule has 0 spiro atoms. The van der Waals surface area contributed by atoms with Crippen LogP contribution in [0.25, 0.3) is 0 Å². The van der Waals surface area contributed by atoms with E-state index in [4.69, 9.17) is 4.74 Å². The molecule has 1 heteroatoms. The average molecular weight is 148 g/mol. The van der Waals surface area contributed by atoms with Crippen LogP contribution >= 0.6 is 0 Å². The molecule has 58 valence electrons. The van der Waals surface area contributed by atoms with Crippen molar-refractivity contribution in [3.05, 3.63) is 30.3 Å². The van der Waals surface area contributed by atoms with E-state index < -0.39 is 0 Å². The van der Waals surface area contributed by atoms with Crippen molar-refractivity contribution < 1.29 is 4.74 Å². The molecule has 2 radical (unpaired) electrons. The van der Waals surface area contributed by atoms with Gasteiger partial charge in [-0.2, -0.15) is 0 Å². The van der Waals surface area contributed by atoms with Crippen LogP contribution in [0.4, 0.5) is 0 Å². The summed E-state index contributed by atoms with van der Waals surface area (Å²) in [5.41, 5.74) is 0. The summed E-state index contributed by atoms with van der Waals surface area (Å²) in [6, 6.07) is 11.3. The van der Waals surface area contributed by atoms with Crippen LogP contribution in [0.2, 0.25) is 0 Å². The molecule has 0 aliphatic carbocycles. The second-order valence-electron chi connectivity index (χ2n) is 2.35. The van der Waals surface area contributed by atoms with Gasteiger partial charge in [0.2, 0.25) is 0 Å². The van der Waals surface area contributed by atoms with Gasteiger partial charge in [0, 0.05) is 6.07 Å². The Balaban J connectivity index is 2.28. The Morgan fingerprint density at radius 1 is 1.55 bits per heavy atom. The van der Waals surface area contributed by atoms with Crippen LogP contribution < -0.4 is 4.74 Å². The lowest BCUT2D eigenvalue weighted by Crippen LogP contribution is -1.95. The zero-order valence-electron chi connectivity index (χ0n) is 6.76. The molecule has 0 aliphatic rings. The van der Waals surface area contributed by atoms with Crippen molar-refractivity contribution in [1.29, 1.82) is 0 Å². The minimum atomic E-state index is 0.789. The minimum Gasteiger partial charge on any atom is -0.493 e. The number of hydrogen-bond acceptors (Lipinski definition) is 1. The molecule has 1 aromatic carbocycles. The Labute approximate surface area is 68.0 Å². The van der Waals surface area contributed by atoms with Crippen LogP contribution in [0, 0.1) is 12.1 Å². The summed E-state index contributed by atoms with van der Waals surface area (Å²) < 4.78 is 5.37. The first kappa shape index (κ1) is 8.12. The predicted molar refractivity (Wildman–Crippen MR) is 44.5 cm³/mol. The molecule has 0 N–H and O–H groups in total. The fourth-order valence-electron chi connectivity index (χ4n) is 0.749. The van der Waals surface area contributed by atoms with E-state index in [-0.39, 0.29) is 0 Å². The Bertz CT molecular complexity index is 181. The molecule has 1 nitrogen and oxygen atoms in total. The lowest BCUT2D eigenvalue weighted by molar-refractivity contribution is 0.309. The third-order valence-corrected chi connectivity index (χ3v) is 1.38. The van der Waals surface area contributed by atoms with Gasteiger partial charge in [-0.3, -0.25) is 0 Å². The average Bonchev–Trinajstić information content (AvgIpc) is 2.07. The zero-order chi connectivity index (χ0) is 7.94. The maximum atomic E-state index is 5.37. The second kappa shape index (κ2) is 4.78. The molecule has 1 aromatic rings. The van der Waals surface area contributed by atoms with Crippen LogP contribution in [0.15, 0.2) is 18.2 Å². The maximum absolute atomic E-state index is 5.37. The first-order valence-electron chi connectivity index (χ1n) is 3.94. The molecular weight excluding hydrogens is 136 g/mol. The van der Waals surface area contributed by atoms with Gasteiger partial charge in [-0.05, 0) is 24.6 Å². The van der Waals surface area contributed by atoms with Crippen molar-refractivity contribution in [1.82, 2.24) is 0 Å². The highest BCUT2D eigenvalue weighted by molar-refractivity contribution is 5.18.